The predicted molar refractivity (Wildman–Crippen MR) is 165 cm³/mol. The number of hydrogen-bond acceptors (Lipinski definition) is 5. The molecule has 1 fully saturated rings. The van der Waals surface area contributed by atoms with Crippen molar-refractivity contribution < 1.29 is 0 Å². The molecule has 37 heavy (non-hydrogen) atoms. The molecule has 0 spiro atoms. The molecule has 0 amide bonds. The molecule has 0 saturated carbocycles. The highest BCUT2D eigenvalue weighted by molar-refractivity contribution is 5.86. The summed E-state index contributed by atoms with van der Waals surface area (Å²) in [6.45, 7) is 26.2. The maximum atomic E-state index is 4.59. The average Bonchev–Trinajstić information content (AvgIpc) is 2.88. The minimum absolute atomic E-state index is 0.482. The Kier molecular flexibility index (Phi) is 15.6. The van der Waals surface area contributed by atoms with Crippen LogP contribution in [0.3, 0.4) is 0 Å². The first-order valence-electron chi connectivity index (χ1n) is 13.9. The van der Waals surface area contributed by atoms with Crippen molar-refractivity contribution in [2.24, 2.45) is 16.8 Å². The van der Waals surface area contributed by atoms with Crippen LogP contribution in [-0.4, -0.2) is 57.9 Å². The summed E-state index contributed by atoms with van der Waals surface area (Å²) >= 11 is 0. The lowest BCUT2D eigenvalue weighted by Crippen LogP contribution is -2.34. The molecule has 206 valence electrons. The van der Waals surface area contributed by atoms with Gasteiger partial charge in [0.2, 0.25) is 0 Å². The van der Waals surface area contributed by atoms with Crippen LogP contribution in [0.15, 0.2) is 71.2 Å². The largest absolute Gasteiger partial charge is 0.387 e. The number of nitrogens with one attached hydrogen (secondary N) is 3. The van der Waals surface area contributed by atoms with E-state index in [0.29, 0.717) is 17.7 Å². The monoisotopic (exact) mass is 507 g/mol. The Morgan fingerprint density at radius 3 is 2.30 bits per heavy atom. The van der Waals surface area contributed by atoms with Gasteiger partial charge in [0.25, 0.3) is 0 Å². The van der Waals surface area contributed by atoms with E-state index < -0.39 is 0 Å². The number of benzene rings is 1. The van der Waals surface area contributed by atoms with Crippen molar-refractivity contribution in [3.8, 4) is 0 Å². The third-order valence-electron chi connectivity index (χ3n) is 6.26. The first kappa shape index (κ1) is 32.4. The molecule has 1 aliphatic rings. The minimum atomic E-state index is 0.482. The zero-order valence-electron chi connectivity index (χ0n) is 24.9. The number of rotatable bonds is 13. The highest BCUT2D eigenvalue weighted by Crippen LogP contribution is 2.34. The molecular formula is C32H53N5. The molecule has 0 aromatic heterocycles. The Morgan fingerprint density at radius 2 is 1.73 bits per heavy atom. The normalized spacial score (nSPS) is 15.4. The minimum Gasteiger partial charge on any atom is -0.387 e. The van der Waals surface area contributed by atoms with Gasteiger partial charge >= 0.3 is 0 Å². The molecule has 1 aromatic carbocycles. The number of aryl methyl sites for hydroxylation is 1. The van der Waals surface area contributed by atoms with E-state index in [1.165, 1.54) is 16.8 Å². The van der Waals surface area contributed by atoms with E-state index in [4.69, 9.17) is 0 Å². The summed E-state index contributed by atoms with van der Waals surface area (Å²) in [4.78, 5) is 6.66. The topological polar surface area (TPSA) is 51.7 Å². The molecule has 0 atom stereocenters. The number of piperidine rings is 1. The van der Waals surface area contributed by atoms with Gasteiger partial charge in [-0.15, -0.1) is 0 Å². The van der Waals surface area contributed by atoms with Crippen LogP contribution in [0.2, 0.25) is 0 Å². The Balaban J connectivity index is 0.00000334. The second-order valence-corrected chi connectivity index (χ2v) is 10.2. The molecular weight excluding hydrogens is 454 g/mol. The Bertz CT molecular complexity index is 913. The summed E-state index contributed by atoms with van der Waals surface area (Å²) < 4.78 is 0. The third kappa shape index (κ3) is 12.0. The maximum absolute atomic E-state index is 4.59. The lowest BCUT2D eigenvalue weighted by molar-refractivity contribution is 0.395. The van der Waals surface area contributed by atoms with E-state index in [9.17, 15) is 0 Å². The second-order valence-electron chi connectivity index (χ2n) is 10.2. The van der Waals surface area contributed by atoms with Gasteiger partial charge in [0.1, 0.15) is 5.82 Å². The Labute approximate surface area is 227 Å². The zero-order valence-corrected chi connectivity index (χ0v) is 24.9. The molecule has 1 aliphatic heterocycles. The smallest absolute Gasteiger partial charge is 0.118 e. The number of allylic oxidation sites excluding steroid dienone is 5. The molecule has 3 N–H and O–H groups in total. The summed E-state index contributed by atoms with van der Waals surface area (Å²) in [7, 11) is 4.11. The number of likely N-dealkylation sites (N-methyl/N-ethyl adjacent to an activating group) is 1. The van der Waals surface area contributed by atoms with Crippen LogP contribution >= 0.6 is 0 Å². The second kappa shape index (κ2) is 17.8. The summed E-state index contributed by atoms with van der Waals surface area (Å²) in [5.74, 6) is 1.72. The average molecular weight is 508 g/mol. The molecule has 0 radical (unpaired) electrons. The van der Waals surface area contributed by atoms with Crippen molar-refractivity contribution in [2.45, 2.75) is 54.4 Å². The van der Waals surface area contributed by atoms with E-state index in [1.807, 2.05) is 20.1 Å². The van der Waals surface area contributed by atoms with Gasteiger partial charge in [0.15, 0.2) is 0 Å². The molecule has 1 aromatic rings. The first-order chi connectivity index (χ1) is 17.7. The van der Waals surface area contributed by atoms with E-state index in [0.717, 1.165) is 62.3 Å². The molecule has 0 bridgehead atoms. The summed E-state index contributed by atoms with van der Waals surface area (Å²) in [6, 6.07) is 8.68. The van der Waals surface area contributed by atoms with E-state index in [-0.39, 0.29) is 0 Å². The number of hydrogen-bond donors (Lipinski definition) is 3. The summed E-state index contributed by atoms with van der Waals surface area (Å²) in [6.07, 6.45) is 6.19. The van der Waals surface area contributed by atoms with E-state index in [2.05, 4.69) is 111 Å². The lowest BCUT2D eigenvalue weighted by atomic mass is 9.84. The highest BCUT2D eigenvalue weighted by atomic mass is 15.1. The molecule has 5 heteroatoms. The van der Waals surface area contributed by atoms with Crippen LogP contribution < -0.4 is 16.0 Å². The van der Waals surface area contributed by atoms with Crippen LogP contribution in [0.5, 0.6) is 0 Å². The molecule has 1 saturated heterocycles. The fourth-order valence-corrected chi connectivity index (χ4v) is 4.17. The Morgan fingerprint density at radius 1 is 1.11 bits per heavy atom. The maximum Gasteiger partial charge on any atom is 0.118 e. The molecule has 5 nitrogen and oxygen atoms in total. The van der Waals surface area contributed by atoms with E-state index >= 15 is 0 Å². The van der Waals surface area contributed by atoms with Crippen molar-refractivity contribution in [3.63, 3.8) is 0 Å². The number of aliphatic imine (C=N–C) groups is 1. The number of nitrogens with zero attached hydrogens (tertiary/aromatic N) is 2. The van der Waals surface area contributed by atoms with E-state index in [1.54, 1.807) is 0 Å². The fraction of sp³-hybridized carbons (Fsp3) is 0.531. The predicted octanol–water partition coefficient (Wildman–Crippen LogP) is 6.17. The quantitative estimate of drug-likeness (QED) is 0.221. The van der Waals surface area contributed by atoms with Crippen LogP contribution in [0.25, 0.3) is 5.57 Å². The van der Waals surface area contributed by atoms with Gasteiger partial charge < -0.3 is 20.9 Å². The van der Waals surface area contributed by atoms with Gasteiger partial charge in [0, 0.05) is 43.0 Å². The summed E-state index contributed by atoms with van der Waals surface area (Å²) in [5, 5.41) is 10.6. The van der Waals surface area contributed by atoms with Crippen LogP contribution in [0, 0.1) is 18.8 Å². The van der Waals surface area contributed by atoms with Gasteiger partial charge in [-0.05, 0) is 82.6 Å². The van der Waals surface area contributed by atoms with Crippen molar-refractivity contribution in [2.75, 3.05) is 46.8 Å². The fourth-order valence-electron chi connectivity index (χ4n) is 4.17. The molecule has 0 unspecified atom stereocenters. The molecule has 1 heterocycles. The molecule has 2 rings (SSSR count). The van der Waals surface area contributed by atoms with Gasteiger partial charge in [-0.3, -0.25) is 0 Å². The van der Waals surface area contributed by atoms with Crippen molar-refractivity contribution in [1.82, 2.24) is 20.9 Å². The zero-order chi connectivity index (χ0) is 27.8. The van der Waals surface area contributed by atoms with Crippen molar-refractivity contribution in [3.05, 3.63) is 77.3 Å². The highest BCUT2D eigenvalue weighted by Gasteiger charge is 2.23. The van der Waals surface area contributed by atoms with Gasteiger partial charge in [0.05, 0.1) is 0 Å². The van der Waals surface area contributed by atoms with Crippen molar-refractivity contribution >= 4 is 11.8 Å². The molecule has 0 aliphatic carbocycles. The van der Waals surface area contributed by atoms with Gasteiger partial charge in [-0.1, -0.05) is 70.7 Å². The van der Waals surface area contributed by atoms with Crippen LogP contribution in [0.1, 0.15) is 58.6 Å². The standard InChI is InChI=1S/C30H47N5.C2H6/c1-22(2)21-34-30(28-14-16-31-17-15-28)29(25(5)27-11-9-23(3)10-12-27)24(4)13-18-32-26(6)33-19-20-35(7)8;1-2/h9-13,18,22,28,31,33-34H,5-6,14-17,19-21H2,1-4,7-8H3;1-2H3/b24-13+,30-29-,32-18-;. The van der Waals surface area contributed by atoms with Crippen LogP contribution in [-0.2, 0) is 0 Å². The van der Waals surface area contributed by atoms with Gasteiger partial charge in [-0.2, -0.15) is 0 Å². The van der Waals surface area contributed by atoms with Crippen LogP contribution in [0.4, 0.5) is 0 Å². The summed E-state index contributed by atoms with van der Waals surface area (Å²) in [5.41, 5.74) is 7.14. The SMILES string of the molecule is C=C(\N=C/C=C(C)/C(C(=C)c1ccc(C)cc1)=C(/NCC(C)C)C1CCNCC1)NCCN(C)C.CC. The van der Waals surface area contributed by atoms with Crippen molar-refractivity contribution in [1.29, 1.82) is 0 Å². The lowest BCUT2D eigenvalue weighted by Gasteiger charge is -2.30. The first-order valence-corrected chi connectivity index (χ1v) is 13.9. The Hall–Kier alpha value is -2.63. The third-order valence-corrected chi connectivity index (χ3v) is 6.26. The van der Waals surface area contributed by atoms with Gasteiger partial charge in [-0.25, -0.2) is 4.99 Å².